The molecule has 0 spiro atoms. The lowest BCUT2D eigenvalue weighted by Gasteiger charge is -2.25. The number of aryl methyl sites for hydroxylation is 1. The molecule has 0 radical (unpaired) electrons. The summed E-state index contributed by atoms with van der Waals surface area (Å²) in [5, 5.41) is 5.03. The smallest absolute Gasteiger partial charge is 0.125 e. The number of aromatic nitrogens is 1. The summed E-state index contributed by atoms with van der Waals surface area (Å²) in [5.41, 5.74) is 6.48. The molecule has 0 saturated carbocycles. The van der Waals surface area contributed by atoms with Crippen molar-refractivity contribution in [1.29, 1.82) is 0 Å². The maximum atomic E-state index is 5.57. The molecule has 0 bridgehead atoms. The van der Waals surface area contributed by atoms with E-state index in [4.69, 9.17) is 9.47 Å². The molecule has 0 fully saturated rings. The van der Waals surface area contributed by atoms with Crippen LogP contribution in [-0.4, -0.2) is 25.7 Å². The van der Waals surface area contributed by atoms with Gasteiger partial charge < -0.3 is 19.8 Å². The van der Waals surface area contributed by atoms with Gasteiger partial charge in [-0.25, -0.2) is 0 Å². The van der Waals surface area contributed by atoms with Gasteiger partial charge in [-0.15, -0.1) is 12.4 Å². The highest BCUT2D eigenvalue weighted by atomic mass is 35.5. The molecule has 0 saturated heterocycles. The zero-order valence-corrected chi connectivity index (χ0v) is 16.2. The highest BCUT2D eigenvalue weighted by Crippen LogP contribution is 2.34. The summed E-state index contributed by atoms with van der Waals surface area (Å²) in [6, 6.07) is 13.0. The highest BCUT2D eigenvalue weighted by Gasteiger charge is 2.25. The van der Waals surface area contributed by atoms with Crippen LogP contribution in [0.25, 0.3) is 10.9 Å². The van der Waals surface area contributed by atoms with Gasteiger partial charge in [0.05, 0.1) is 20.3 Å². The highest BCUT2D eigenvalue weighted by molar-refractivity contribution is 5.86. The first-order valence-electron chi connectivity index (χ1n) is 8.75. The van der Waals surface area contributed by atoms with Crippen LogP contribution >= 0.6 is 12.4 Å². The number of benzene rings is 2. The van der Waals surface area contributed by atoms with Crippen LogP contribution in [0.15, 0.2) is 36.4 Å². The number of nitrogens with one attached hydrogen (secondary N) is 2. The van der Waals surface area contributed by atoms with Crippen molar-refractivity contribution in [3.63, 3.8) is 0 Å². The van der Waals surface area contributed by atoms with Crippen molar-refractivity contribution in [2.24, 2.45) is 0 Å². The van der Waals surface area contributed by atoms with E-state index < -0.39 is 0 Å². The van der Waals surface area contributed by atoms with E-state index in [9.17, 15) is 0 Å². The molecule has 3 aromatic rings. The third-order valence-corrected chi connectivity index (χ3v) is 5.13. The van der Waals surface area contributed by atoms with E-state index >= 15 is 0 Å². The Balaban J connectivity index is 0.00000196. The number of hydrogen-bond donors (Lipinski definition) is 2. The predicted molar refractivity (Wildman–Crippen MR) is 108 cm³/mol. The predicted octanol–water partition coefficient (Wildman–Crippen LogP) is 4.34. The largest absolute Gasteiger partial charge is 0.497 e. The van der Waals surface area contributed by atoms with E-state index in [1.807, 2.05) is 12.1 Å². The Labute approximate surface area is 160 Å². The summed E-state index contributed by atoms with van der Waals surface area (Å²) in [4.78, 5) is 3.65. The van der Waals surface area contributed by atoms with Gasteiger partial charge in [-0.2, -0.15) is 0 Å². The van der Waals surface area contributed by atoms with Crippen LogP contribution in [0, 0.1) is 6.92 Å². The van der Waals surface area contributed by atoms with E-state index in [-0.39, 0.29) is 18.4 Å². The summed E-state index contributed by atoms with van der Waals surface area (Å²) in [6.07, 6.45) is 1.95. The molecule has 2 N–H and O–H groups in total. The molecule has 4 rings (SSSR count). The third kappa shape index (κ3) is 3.27. The van der Waals surface area contributed by atoms with E-state index in [0.29, 0.717) is 0 Å². The van der Waals surface area contributed by atoms with E-state index in [2.05, 4.69) is 41.5 Å². The fourth-order valence-electron chi connectivity index (χ4n) is 3.84. The molecule has 4 nitrogen and oxygen atoms in total. The number of aromatic amines is 1. The maximum absolute atomic E-state index is 5.57. The van der Waals surface area contributed by atoms with Gasteiger partial charge in [-0.05, 0) is 55.6 Å². The lowest BCUT2D eigenvalue weighted by atomic mass is 9.94. The van der Waals surface area contributed by atoms with Gasteiger partial charge >= 0.3 is 0 Å². The Morgan fingerprint density at radius 2 is 1.92 bits per heavy atom. The van der Waals surface area contributed by atoms with Gasteiger partial charge in [-0.3, -0.25) is 0 Å². The maximum Gasteiger partial charge on any atom is 0.125 e. The van der Waals surface area contributed by atoms with E-state index in [1.54, 1.807) is 14.2 Å². The summed E-state index contributed by atoms with van der Waals surface area (Å²) >= 11 is 0. The van der Waals surface area contributed by atoms with Gasteiger partial charge in [0, 0.05) is 22.7 Å². The molecule has 138 valence electrons. The number of hydrogen-bond acceptors (Lipinski definition) is 3. The number of methoxy groups -OCH3 is 2. The average molecular weight is 373 g/mol. The molecule has 0 aliphatic carbocycles. The van der Waals surface area contributed by atoms with Gasteiger partial charge in [0.2, 0.25) is 0 Å². The Hall–Kier alpha value is -2.17. The first-order valence-corrected chi connectivity index (χ1v) is 8.75. The summed E-state index contributed by atoms with van der Waals surface area (Å²) in [7, 11) is 3.39. The molecule has 1 aliphatic heterocycles. The van der Waals surface area contributed by atoms with Crippen LogP contribution < -0.4 is 14.8 Å². The third-order valence-electron chi connectivity index (χ3n) is 5.13. The van der Waals surface area contributed by atoms with Gasteiger partial charge in [0.15, 0.2) is 0 Å². The molecule has 1 aliphatic rings. The molecule has 1 unspecified atom stereocenters. The normalized spacial score (nSPS) is 16.0. The van der Waals surface area contributed by atoms with Crippen molar-refractivity contribution in [3.05, 3.63) is 58.8 Å². The van der Waals surface area contributed by atoms with Gasteiger partial charge in [-0.1, -0.05) is 17.7 Å². The fourth-order valence-corrected chi connectivity index (χ4v) is 3.84. The number of ether oxygens (including phenoxy) is 2. The molecule has 26 heavy (non-hydrogen) atoms. The second kappa shape index (κ2) is 7.60. The van der Waals surface area contributed by atoms with Crippen LogP contribution in [0.2, 0.25) is 0 Å². The lowest BCUT2D eigenvalue weighted by Crippen LogP contribution is -2.31. The van der Waals surface area contributed by atoms with Crippen molar-refractivity contribution < 1.29 is 9.47 Å². The summed E-state index contributed by atoms with van der Waals surface area (Å²) in [5.74, 6) is 1.69. The van der Waals surface area contributed by atoms with Crippen molar-refractivity contribution in [2.45, 2.75) is 25.8 Å². The zero-order valence-electron chi connectivity index (χ0n) is 15.4. The standard InChI is InChI=1S/C21H24N2O2.ClH/c1-13-4-7-18-17(10-13)16-8-9-22-19(21(16)23-18)11-14-5-6-15(24-2)12-20(14)25-3;/h4-7,10,12,19,22-23H,8-9,11H2,1-3H3;1H. The first kappa shape index (κ1) is 18.6. The first-order chi connectivity index (χ1) is 12.2. The summed E-state index contributed by atoms with van der Waals surface area (Å²) in [6.45, 7) is 3.15. The molecule has 5 heteroatoms. The van der Waals surface area contributed by atoms with Crippen LogP contribution in [0.4, 0.5) is 0 Å². The Kier molecular flexibility index (Phi) is 5.44. The van der Waals surface area contributed by atoms with Crippen LogP contribution in [0.5, 0.6) is 11.5 Å². The zero-order chi connectivity index (χ0) is 17.4. The van der Waals surface area contributed by atoms with Crippen LogP contribution in [0.1, 0.15) is 28.4 Å². The van der Waals surface area contributed by atoms with Crippen molar-refractivity contribution >= 4 is 23.3 Å². The molecule has 0 amide bonds. The average Bonchev–Trinajstić information content (AvgIpc) is 3.01. The van der Waals surface area contributed by atoms with Crippen molar-refractivity contribution in [3.8, 4) is 11.5 Å². The van der Waals surface area contributed by atoms with Gasteiger partial charge in [0.1, 0.15) is 11.5 Å². The molecule has 2 aromatic carbocycles. The minimum Gasteiger partial charge on any atom is -0.497 e. The number of halogens is 1. The Morgan fingerprint density at radius 1 is 1.08 bits per heavy atom. The lowest BCUT2D eigenvalue weighted by molar-refractivity contribution is 0.387. The van der Waals surface area contributed by atoms with E-state index in [1.165, 1.54) is 33.3 Å². The number of rotatable bonds is 4. The number of fused-ring (bicyclic) bond motifs is 3. The second-order valence-electron chi connectivity index (χ2n) is 6.70. The number of H-pyrrole nitrogens is 1. The molecule has 1 atom stereocenters. The Bertz CT molecular complexity index is 920. The van der Waals surface area contributed by atoms with Crippen molar-refractivity contribution in [1.82, 2.24) is 10.3 Å². The van der Waals surface area contributed by atoms with Crippen molar-refractivity contribution in [2.75, 3.05) is 20.8 Å². The van der Waals surface area contributed by atoms with Crippen LogP contribution in [0.3, 0.4) is 0 Å². The summed E-state index contributed by atoms with van der Waals surface area (Å²) < 4.78 is 10.9. The second-order valence-corrected chi connectivity index (χ2v) is 6.70. The van der Waals surface area contributed by atoms with Gasteiger partial charge in [0.25, 0.3) is 0 Å². The monoisotopic (exact) mass is 372 g/mol. The SMILES string of the molecule is COc1ccc(CC2NCCc3c2[nH]c2ccc(C)cc32)c(OC)c1.Cl. The minimum atomic E-state index is 0. The Morgan fingerprint density at radius 3 is 2.69 bits per heavy atom. The van der Waals surface area contributed by atoms with Crippen LogP contribution in [-0.2, 0) is 12.8 Å². The molecule has 2 heterocycles. The topological polar surface area (TPSA) is 46.3 Å². The fraction of sp³-hybridized carbons (Fsp3) is 0.333. The molecule has 1 aromatic heterocycles. The minimum absolute atomic E-state index is 0. The van der Waals surface area contributed by atoms with E-state index in [0.717, 1.165) is 30.9 Å². The molecular weight excluding hydrogens is 348 g/mol. The quantitative estimate of drug-likeness (QED) is 0.715. The molecular formula is C21H25ClN2O2.